The van der Waals surface area contributed by atoms with E-state index >= 15 is 0 Å². The number of hydrogen-bond acceptors (Lipinski definition) is 2. The average molecular weight is 293 g/mol. The number of nitrogens with zero attached hydrogens (tertiary/aromatic N) is 1. The van der Waals surface area contributed by atoms with Crippen molar-refractivity contribution < 1.29 is 0 Å². The molecule has 2 aromatic carbocycles. The fraction of sp³-hybridized carbons (Fsp3) is 0.316. The lowest BCUT2D eigenvalue weighted by molar-refractivity contribution is 0.673. The minimum atomic E-state index is 0.929. The standard InChI is InChI=1S/C19H23N3/c1-4-9-20-12-17-10-15(6-5-13(17)2)16-7-8-18-19(11-16)22-14(3)21-18/h5-8,10-11,20H,4,9,12H2,1-3H3,(H,21,22). The topological polar surface area (TPSA) is 40.7 Å². The Morgan fingerprint density at radius 3 is 2.64 bits per heavy atom. The van der Waals surface area contributed by atoms with Crippen LogP contribution in [0.15, 0.2) is 36.4 Å². The number of rotatable bonds is 5. The Morgan fingerprint density at radius 2 is 1.82 bits per heavy atom. The van der Waals surface area contributed by atoms with Gasteiger partial charge < -0.3 is 10.3 Å². The SMILES string of the molecule is CCCNCc1cc(-c2ccc3nc(C)[nH]c3c2)ccc1C. The molecule has 3 heteroatoms. The zero-order valence-corrected chi connectivity index (χ0v) is 13.5. The van der Waals surface area contributed by atoms with E-state index in [-0.39, 0.29) is 0 Å². The quantitative estimate of drug-likeness (QED) is 0.687. The Balaban J connectivity index is 1.93. The normalized spacial score (nSPS) is 11.2. The fourth-order valence-corrected chi connectivity index (χ4v) is 2.76. The summed E-state index contributed by atoms with van der Waals surface area (Å²) in [5, 5.41) is 3.49. The van der Waals surface area contributed by atoms with Crippen LogP contribution in [0.2, 0.25) is 0 Å². The first-order valence-corrected chi connectivity index (χ1v) is 7.94. The van der Waals surface area contributed by atoms with E-state index in [0.29, 0.717) is 0 Å². The fourth-order valence-electron chi connectivity index (χ4n) is 2.76. The van der Waals surface area contributed by atoms with Crippen LogP contribution in [0.25, 0.3) is 22.2 Å². The molecule has 0 atom stereocenters. The first kappa shape index (κ1) is 14.8. The highest BCUT2D eigenvalue weighted by molar-refractivity contribution is 5.82. The van der Waals surface area contributed by atoms with Crippen LogP contribution in [0.1, 0.15) is 30.3 Å². The number of imidazole rings is 1. The van der Waals surface area contributed by atoms with Gasteiger partial charge in [0, 0.05) is 6.54 Å². The molecule has 0 amide bonds. The van der Waals surface area contributed by atoms with Gasteiger partial charge in [0.2, 0.25) is 0 Å². The lowest BCUT2D eigenvalue weighted by Crippen LogP contribution is -2.14. The van der Waals surface area contributed by atoms with Crippen LogP contribution in [-0.2, 0) is 6.54 Å². The molecule has 3 aromatic rings. The van der Waals surface area contributed by atoms with Crippen LogP contribution in [0.5, 0.6) is 0 Å². The zero-order valence-electron chi connectivity index (χ0n) is 13.5. The van der Waals surface area contributed by atoms with Crippen LogP contribution in [0.4, 0.5) is 0 Å². The highest BCUT2D eigenvalue weighted by atomic mass is 14.9. The van der Waals surface area contributed by atoms with Crippen molar-refractivity contribution in [3.8, 4) is 11.1 Å². The number of benzene rings is 2. The van der Waals surface area contributed by atoms with E-state index in [1.165, 1.54) is 22.3 Å². The van der Waals surface area contributed by atoms with Crippen molar-refractivity contribution in [1.29, 1.82) is 0 Å². The van der Waals surface area contributed by atoms with Gasteiger partial charge in [-0.15, -0.1) is 0 Å². The van der Waals surface area contributed by atoms with Crippen molar-refractivity contribution in [2.75, 3.05) is 6.54 Å². The maximum atomic E-state index is 4.46. The second-order valence-corrected chi connectivity index (χ2v) is 5.87. The summed E-state index contributed by atoms with van der Waals surface area (Å²) in [5.74, 6) is 0.959. The third kappa shape index (κ3) is 3.04. The molecule has 0 aliphatic heterocycles. The second kappa shape index (κ2) is 6.32. The van der Waals surface area contributed by atoms with Gasteiger partial charge in [-0.2, -0.15) is 0 Å². The molecule has 0 saturated carbocycles. The molecule has 0 saturated heterocycles. The summed E-state index contributed by atoms with van der Waals surface area (Å²) in [6.07, 6.45) is 1.16. The van der Waals surface area contributed by atoms with E-state index in [4.69, 9.17) is 0 Å². The Kier molecular flexibility index (Phi) is 4.25. The van der Waals surface area contributed by atoms with Gasteiger partial charge in [0.05, 0.1) is 11.0 Å². The van der Waals surface area contributed by atoms with Gasteiger partial charge in [-0.05, 0) is 67.3 Å². The second-order valence-electron chi connectivity index (χ2n) is 5.87. The van der Waals surface area contributed by atoms with E-state index in [0.717, 1.165) is 36.4 Å². The molecule has 22 heavy (non-hydrogen) atoms. The number of H-pyrrole nitrogens is 1. The predicted octanol–water partition coefficient (Wildman–Crippen LogP) is 4.35. The first-order chi connectivity index (χ1) is 10.7. The Hall–Kier alpha value is -2.13. The van der Waals surface area contributed by atoms with E-state index in [1.54, 1.807) is 0 Å². The summed E-state index contributed by atoms with van der Waals surface area (Å²) in [7, 11) is 0. The molecule has 114 valence electrons. The largest absolute Gasteiger partial charge is 0.342 e. The summed E-state index contributed by atoms with van der Waals surface area (Å²) in [4.78, 5) is 7.78. The van der Waals surface area contributed by atoms with E-state index in [1.807, 2.05) is 6.92 Å². The Labute approximate surface area is 131 Å². The minimum Gasteiger partial charge on any atom is -0.342 e. The van der Waals surface area contributed by atoms with Crippen LogP contribution < -0.4 is 5.32 Å². The number of aryl methyl sites for hydroxylation is 2. The van der Waals surface area contributed by atoms with Gasteiger partial charge in [-0.25, -0.2) is 4.98 Å². The van der Waals surface area contributed by atoms with Crippen LogP contribution >= 0.6 is 0 Å². The monoisotopic (exact) mass is 293 g/mol. The van der Waals surface area contributed by atoms with Crippen LogP contribution in [-0.4, -0.2) is 16.5 Å². The molecule has 3 rings (SSSR count). The molecular formula is C19H23N3. The summed E-state index contributed by atoms with van der Waals surface area (Å²) in [6.45, 7) is 8.34. The Morgan fingerprint density at radius 1 is 1.05 bits per heavy atom. The molecule has 0 bridgehead atoms. The number of hydrogen-bond donors (Lipinski definition) is 2. The van der Waals surface area contributed by atoms with E-state index < -0.39 is 0 Å². The molecule has 0 unspecified atom stereocenters. The number of fused-ring (bicyclic) bond motifs is 1. The molecule has 0 spiro atoms. The van der Waals surface area contributed by atoms with Gasteiger partial charge >= 0.3 is 0 Å². The molecule has 1 heterocycles. The third-order valence-corrected chi connectivity index (χ3v) is 4.02. The van der Waals surface area contributed by atoms with Crippen molar-refractivity contribution in [3.05, 3.63) is 53.3 Å². The van der Waals surface area contributed by atoms with E-state index in [9.17, 15) is 0 Å². The highest BCUT2D eigenvalue weighted by Gasteiger charge is 2.05. The predicted molar refractivity (Wildman–Crippen MR) is 93.0 cm³/mol. The maximum absolute atomic E-state index is 4.46. The van der Waals surface area contributed by atoms with Crippen molar-refractivity contribution in [1.82, 2.24) is 15.3 Å². The Bertz CT molecular complexity index is 786. The number of aromatic amines is 1. The van der Waals surface area contributed by atoms with Gasteiger partial charge in [0.15, 0.2) is 0 Å². The van der Waals surface area contributed by atoms with Crippen LogP contribution in [0, 0.1) is 13.8 Å². The van der Waals surface area contributed by atoms with E-state index in [2.05, 4.69) is 65.5 Å². The molecular weight excluding hydrogens is 270 g/mol. The summed E-state index contributed by atoms with van der Waals surface area (Å²) < 4.78 is 0. The van der Waals surface area contributed by atoms with Crippen molar-refractivity contribution in [2.45, 2.75) is 33.7 Å². The van der Waals surface area contributed by atoms with Crippen molar-refractivity contribution in [2.24, 2.45) is 0 Å². The molecule has 0 radical (unpaired) electrons. The highest BCUT2D eigenvalue weighted by Crippen LogP contribution is 2.25. The first-order valence-electron chi connectivity index (χ1n) is 7.94. The minimum absolute atomic E-state index is 0.929. The van der Waals surface area contributed by atoms with Gasteiger partial charge in [-0.1, -0.05) is 25.1 Å². The zero-order chi connectivity index (χ0) is 15.5. The summed E-state index contributed by atoms with van der Waals surface area (Å²) >= 11 is 0. The smallest absolute Gasteiger partial charge is 0.104 e. The van der Waals surface area contributed by atoms with Crippen LogP contribution in [0.3, 0.4) is 0 Å². The molecule has 0 aliphatic rings. The molecule has 1 aromatic heterocycles. The number of aromatic nitrogens is 2. The molecule has 0 aliphatic carbocycles. The molecule has 0 fully saturated rings. The van der Waals surface area contributed by atoms with Gasteiger partial charge in [0.1, 0.15) is 5.82 Å². The van der Waals surface area contributed by atoms with Crippen molar-refractivity contribution >= 4 is 11.0 Å². The lowest BCUT2D eigenvalue weighted by Gasteiger charge is -2.10. The average Bonchev–Trinajstić information content (AvgIpc) is 2.88. The van der Waals surface area contributed by atoms with Crippen molar-refractivity contribution in [3.63, 3.8) is 0 Å². The maximum Gasteiger partial charge on any atom is 0.104 e. The third-order valence-electron chi connectivity index (χ3n) is 4.02. The lowest BCUT2D eigenvalue weighted by atomic mass is 9.99. The summed E-state index contributed by atoms with van der Waals surface area (Å²) in [6, 6.07) is 13.1. The number of nitrogens with one attached hydrogen (secondary N) is 2. The van der Waals surface area contributed by atoms with Gasteiger partial charge in [-0.3, -0.25) is 0 Å². The van der Waals surface area contributed by atoms with Gasteiger partial charge in [0.25, 0.3) is 0 Å². The summed E-state index contributed by atoms with van der Waals surface area (Å²) in [5.41, 5.74) is 7.32. The molecule has 2 N–H and O–H groups in total. The molecule has 3 nitrogen and oxygen atoms in total.